The number of likely N-dealkylation sites (tertiary alicyclic amines) is 1. The maximum absolute atomic E-state index is 14.3. The molecule has 2 aliphatic carbocycles. The van der Waals surface area contributed by atoms with Crippen molar-refractivity contribution in [2.24, 2.45) is 11.3 Å². The summed E-state index contributed by atoms with van der Waals surface area (Å²) in [5, 5.41) is 16.1. The number of fused-ring (bicyclic) bond motifs is 1. The third-order valence-electron chi connectivity index (χ3n) is 9.94. The van der Waals surface area contributed by atoms with Crippen LogP contribution in [0.2, 0.25) is 5.02 Å². The first kappa shape index (κ1) is 35.3. The van der Waals surface area contributed by atoms with Gasteiger partial charge in [-0.2, -0.15) is 4.68 Å². The quantitative estimate of drug-likeness (QED) is 0.179. The largest absolute Gasteiger partial charge is 0.494 e. The van der Waals surface area contributed by atoms with E-state index in [0.717, 1.165) is 0 Å². The summed E-state index contributed by atoms with van der Waals surface area (Å²) in [6.45, 7) is 5.45. The number of allylic oxidation sites excluding steroid dienone is 1. The van der Waals surface area contributed by atoms with Crippen LogP contribution in [0.25, 0.3) is 16.5 Å². The van der Waals surface area contributed by atoms with Gasteiger partial charge in [0.25, 0.3) is 0 Å². The standard InChI is InChI=1S/C35H37ClN8O7S/c1-4-21-16-35(21,33(47)40-52(48,49)25-11-12-25)17-29(45)28-15-24(51-31-27-14-22(36)10-13-26(27)30(50-3)18-37-31)19-43(28)32(46)20(2)38-34-39-41-42-44(34)23-8-6-5-7-9-23/h4-10,13-14,18,20-21,24-25,28H,1,11-12,15-17,19H2,2-3H3,(H,40,47)(H,38,39,42)/t20?,21-,24-,28+,35-/m1/s1. The molecule has 7 rings (SSSR count). The Hall–Kier alpha value is -5.09. The lowest BCUT2D eigenvalue weighted by molar-refractivity contribution is -0.139. The number of sulfonamides is 1. The molecular formula is C35H37ClN8O7S. The van der Waals surface area contributed by atoms with E-state index in [-0.39, 0.29) is 37.6 Å². The molecule has 17 heteroatoms. The van der Waals surface area contributed by atoms with E-state index in [4.69, 9.17) is 21.1 Å². The maximum atomic E-state index is 14.3. The molecule has 0 spiro atoms. The second-order valence-corrected chi connectivity index (χ2v) is 15.8. The van der Waals surface area contributed by atoms with Crippen LogP contribution in [0.4, 0.5) is 5.95 Å². The molecule has 4 aromatic rings. The molecule has 2 saturated carbocycles. The number of carbonyl (C=O) groups is 3. The summed E-state index contributed by atoms with van der Waals surface area (Å²) in [4.78, 5) is 47.9. The number of pyridine rings is 1. The minimum Gasteiger partial charge on any atom is -0.494 e. The van der Waals surface area contributed by atoms with Crippen LogP contribution in [0.3, 0.4) is 0 Å². The highest BCUT2D eigenvalue weighted by Gasteiger charge is 2.61. The molecule has 0 radical (unpaired) electrons. The maximum Gasteiger partial charge on any atom is 0.248 e. The molecule has 1 saturated heterocycles. The number of ketones is 1. The van der Waals surface area contributed by atoms with Crippen molar-refractivity contribution in [1.29, 1.82) is 0 Å². The third-order valence-corrected chi connectivity index (χ3v) is 12.0. The van der Waals surface area contributed by atoms with Crippen LogP contribution in [0.5, 0.6) is 11.6 Å². The Balaban J connectivity index is 1.16. The van der Waals surface area contributed by atoms with Gasteiger partial charge in [0.15, 0.2) is 5.78 Å². The number of aromatic nitrogens is 5. The topological polar surface area (TPSA) is 188 Å². The molecule has 0 bridgehead atoms. The summed E-state index contributed by atoms with van der Waals surface area (Å²) < 4.78 is 40.9. The number of nitrogens with one attached hydrogen (secondary N) is 2. The number of amides is 2. The smallest absolute Gasteiger partial charge is 0.248 e. The van der Waals surface area contributed by atoms with Gasteiger partial charge in [0.2, 0.25) is 33.7 Å². The Labute approximate surface area is 304 Å². The molecule has 2 aromatic carbocycles. The lowest BCUT2D eigenvalue weighted by Crippen LogP contribution is -2.48. The first-order valence-electron chi connectivity index (χ1n) is 16.8. The van der Waals surface area contributed by atoms with Crippen molar-refractivity contribution < 1.29 is 32.3 Å². The van der Waals surface area contributed by atoms with Gasteiger partial charge in [-0.25, -0.2) is 13.4 Å². The second kappa shape index (κ2) is 13.8. The zero-order chi connectivity index (χ0) is 36.8. The van der Waals surface area contributed by atoms with Gasteiger partial charge in [0.05, 0.1) is 42.2 Å². The average Bonchev–Trinajstić information content (AvgIpc) is 4.03. The molecule has 5 atom stereocenters. The van der Waals surface area contributed by atoms with Crippen LogP contribution in [0.15, 0.2) is 67.4 Å². The van der Waals surface area contributed by atoms with Crippen molar-refractivity contribution >= 4 is 55.9 Å². The molecule has 52 heavy (non-hydrogen) atoms. The van der Waals surface area contributed by atoms with E-state index in [9.17, 15) is 22.8 Å². The summed E-state index contributed by atoms with van der Waals surface area (Å²) in [5.74, 6) is -0.996. The first-order valence-corrected chi connectivity index (χ1v) is 18.8. The Bertz CT molecular complexity index is 2160. The average molecular weight is 749 g/mol. The van der Waals surface area contributed by atoms with Gasteiger partial charge < -0.3 is 19.7 Å². The number of hydrogen-bond donors (Lipinski definition) is 2. The van der Waals surface area contributed by atoms with E-state index in [1.807, 2.05) is 30.3 Å². The molecule has 2 N–H and O–H groups in total. The number of methoxy groups -OCH3 is 1. The summed E-state index contributed by atoms with van der Waals surface area (Å²) >= 11 is 6.33. The van der Waals surface area contributed by atoms with E-state index in [2.05, 4.69) is 37.1 Å². The van der Waals surface area contributed by atoms with Gasteiger partial charge in [-0.3, -0.25) is 19.1 Å². The number of hydrogen-bond acceptors (Lipinski definition) is 12. The number of anilines is 1. The highest BCUT2D eigenvalue weighted by atomic mass is 35.5. The predicted molar refractivity (Wildman–Crippen MR) is 191 cm³/mol. The van der Waals surface area contributed by atoms with E-state index < -0.39 is 62.4 Å². The van der Waals surface area contributed by atoms with Gasteiger partial charge in [-0.05, 0) is 72.9 Å². The fourth-order valence-corrected chi connectivity index (χ4v) is 8.40. The normalized spacial score (nSPS) is 23.1. The lowest BCUT2D eigenvalue weighted by atomic mass is 9.91. The van der Waals surface area contributed by atoms with Crippen LogP contribution in [-0.2, 0) is 24.4 Å². The summed E-state index contributed by atoms with van der Waals surface area (Å²) in [6, 6.07) is 12.4. The SMILES string of the molecule is C=C[C@@H]1C[C@]1(CC(=O)[C@@H]1C[C@@H](Oc2ncc(OC)c3ccc(Cl)cc23)CN1C(=O)C(C)Nc1nnnn1-c1ccccc1)C(=O)NS(=O)(=O)C1CC1. The molecule has 2 aromatic heterocycles. The number of benzene rings is 2. The fraction of sp³-hybridized carbons (Fsp3) is 0.400. The Morgan fingerprint density at radius 3 is 2.62 bits per heavy atom. The molecule has 3 aliphatic rings. The van der Waals surface area contributed by atoms with Gasteiger partial charge in [0.1, 0.15) is 17.9 Å². The van der Waals surface area contributed by atoms with Gasteiger partial charge in [-0.1, -0.05) is 41.0 Å². The number of ether oxygens (including phenoxy) is 2. The van der Waals surface area contributed by atoms with Crippen LogP contribution < -0.4 is 19.5 Å². The van der Waals surface area contributed by atoms with E-state index in [0.29, 0.717) is 40.1 Å². The summed E-state index contributed by atoms with van der Waals surface area (Å²) in [7, 11) is -2.32. The number of halogens is 1. The Kier molecular flexibility index (Phi) is 9.37. The number of carbonyl (C=O) groups excluding carboxylic acids is 3. The number of Topliss-reactive ketones (excluding diaryl/α,β-unsaturated/α-hetero) is 1. The number of rotatable bonds is 14. The van der Waals surface area contributed by atoms with Crippen molar-refractivity contribution in [3.8, 4) is 17.3 Å². The molecule has 3 fully saturated rings. The van der Waals surface area contributed by atoms with E-state index >= 15 is 0 Å². The molecule has 1 unspecified atom stereocenters. The predicted octanol–water partition coefficient (Wildman–Crippen LogP) is 3.48. The van der Waals surface area contributed by atoms with Gasteiger partial charge in [0, 0.05) is 28.6 Å². The number of nitrogens with zero attached hydrogens (tertiary/aromatic N) is 6. The summed E-state index contributed by atoms with van der Waals surface area (Å²) in [5.41, 5.74) is -0.620. The van der Waals surface area contributed by atoms with Gasteiger partial charge in [-0.15, -0.1) is 6.58 Å². The van der Waals surface area contributed by atoms with E-state index in [1.54, 1.807) is 31.2 Å². The Morgan fingerprint density at radius 1 is 1.15 bits per heavy atom. The molecule has 272 valence electrons. The zero-order valence-corrected chi connectivity index (χ0v) is 30.0. The Morgan fingerprint density at radius 2 is 1.92 bits per heavy atom. The molecule has 3 heterocycles. The fourth-order valence-electron chi connectivity index (χ4n) is 6.84. The molecule has 2 amide bonds. The zero-order valence-electron chi connectivity index (χ0n) is 28.4. The van der Waals surface area contributed by atoms with Crippen molar-refractivity contribution in [2.75, 3.05) is 19.0 Å². The van der Waals surface area contributed by atoms with Crippen molar-refractivity contribution in [3.63, 3.8) is 0 Å². The lowest BCUT2D eigenvalue weighted by Gasteiger charge is -2.28. The van der Waals surface area contributed by atoms with E-state index in [1.165, 1.54) is 22.9 Å². The van der Waals surface area contributed by atoms with Crippen LogP contribution >= 0.6 is 11.6 Å². The van der Waals surface area contributed by atoms with Crippen LogP contribution in [0, 0.1) is 11.3 Å². The number of tetrazole rings is 1. The van der Waals surface area contributed by atoms with Crippen LogP contribution in [-0.4, -0.2) is 93.2 Å². The van der Waals surface area contributed by atoms with Crippen LogP contribution in [0.1, 0.15) is 39.0 Å². The molecule has 15 nitrogen and oxygen atoms in total. The highest BCUT2D eigenvalue weighted by Crippen LogP contribution is 2.57. The van der Waals surface area contributed by atoms with Gasteiger partial charge >= 0.3 is 0 Å². The third kappa shape index (κ3) is 6.79. The number of para-hydroxylation sites is 1. The van der Waals surface area contributed by atoms with Crippen molar-refractivity contribution in [1.82, 2.24) is 34.8 Å². The minimum atomic E-state index is -3.85. The summed E-state index contributed by atoms with van der Waals surface area (Å²) in [6.07, 6.45) is 3.43. The molecular weight excluding hydrogens is 712 g/mol. The monoisotopic (exact) mass is 748 g/mol. The minimum absolute atomic E-state index is 0.0147. The highest BCUT2D eigenvalue weighted by molar-refractivity contribution is 7.90. The first-order chi connectivity index (χ1) is 24.9. The molecule has 1 aliphatic heterocycles. The second-order valence-electron chi connectivity index (χ2n) is 13.4. The van der Waals surface area contributed by atoms with Crippen molar-refractivity contribution in [2.45, 2.75) is 62.5 Å². The van der Waals surface area contributed by atoms with Crippen molar-refractivity contribution in [3.05, 3.63) is 72.4 Å².